The van der Waals surface area contributed by atoms with Crippen LogP contribution >= 0.6 is 0 Å². The van der Waals surface area contributed by atoms with E-state index in [0.29, 0.717) is 36.2 Å². The lowest BCUT2D eigenvalue weighted by atomic mass is 9.84. The van der Waals surface area contributed by atoms with Crippen LogP contribution in [0.1, 0.15) is 43.5 Å². The first-order chi connectivity index (χ1) is 15.5. The van der Waals surface area contributed by atoms with Crippen molar-refractivity contribution in [2.75, 3.05) is 13.1 Å². The van der Waals surface area contributed by atoms with Crippen molar-refractivity contribution in [3.05, 3.63) is 60.3 Å². The van der Waals surface area contributed by atoms with Crippen molar-refractivity contribution in [1.82, 2.24) is 20.4 Å². The predicted octanol–water partition coefficient (Wildman–Crippen LogP) is 4.62. The summed E-state index contributed by atoms with van der Waals surface area (Å²) >= 11 is 0. The smallest absolute Gasteiger partial charge is 0.410 e. The van der Waals surface area contributed by atoms with E-state index in [-0.39, 0.29) is 18.0 Å². The van der Waals surface area contributed by atoms with E-state index in [4.69, 9.17) is 4.74 Å². The second kappa shape index (κ2) is 9.85. The van der Waals surface area contributed by atoms with Gasteiger partial charge in [-0.3, -0.25) is 9.89 Å². The van der Waals surface area contributed by atoms with E-state index < -0.39 is 0 Å². The number of rotatable bonds is 6. The van der Waals surface area contributed by atoms with Crippen molar-refractivity contribution >= 4 is 22.9 Å². The van der Waals surface area contributed by atoms with Crippen molar-refractivity contribution in [2.45, 2.75) is 39.2 Å². The first-order valence-corrected chi connectivity index (χ1v) is 11.3. The minimum absolute atomic E-state index is 0.0490. The third-order valence-corrected chi connectivity index (χ3v) is 6.08. The first-order valence-electron chi connectivity index (χ1n) is 11.3. The molecule has 0 aliphatic carbocycles. The van der Waals surface area contributed by atoms with E-state index in [1.54, 1.807) is 23.2 Å². The van der Waals surface area contributed by atoms with Gasteiger partial charge in [-0.15, -0.1) is 0 Å². The number of nitrogens with one attached hydrogen (secondary N) is 2. The molecular weight excluding hydrogens is 404 g/mol. The Labute approximate surface area is 188 Å². The Hall–Kier alpha value is -3.35. The minimum atomic E-state index is -0.315. The number of hydrogen-bond acceptors (Lipinski definition) is 4. The molecule has 7 nitrogen and oxygen atoms in total. The van der Waals surface area contributed by atoms with E-state index in [2.05, 4.69) is 29.4 Å². The highest BCUT2D eigenvalue weighted by Crippen LogP contribution is 2.26. The van der Waals surface area contributed by atoms with Crippen LogP contribution in [0.25, 0.3) is 10.9 Å². The molecule has 0 bridgehead atoms. The summed E-state index contributed by atoms with van der Waals surface area (Å²) in [6.07, 6.45) is 3.96. The van der Waals surface area contributed by atoms with Crippen LogP contribution in [-0.4, -0.2) is 46.2 Å². The molecule has 0 saturated carbocycles. The molecule has 168 valence electrons. The van der Waals surface area contributed by atoms with Gasteiger partial charge < -0.3 is 15.0 Å². The Morgan fingerprint density at radius 3 is 2.59 bits per heavy atom. The van der Waals surface area contributed by atoms with Gasteiger partial charge in [0.1, 0.15) is 5.75 Å². The zero-order valence-corrected chi connectivity index (χ0v) is 18.6. The molecule has 0 spiro atoms. The zero-order valence-electron chi connectivity index (χ0n) is 18.6. The number of H-pyrrole nitrogens is 1. The van der Waals surface area contributed by atoms with E-state index in [1.807, 2.05) is 36.4 Å². The van der Waals surface area contributed by atoms with Gasteiger partial charge in [-0.05, 0) is 49.3 Å². The lowest BCUT2D eigenvalue weighted by Gasteiger charge is -2.36. The van der Waals surface area contributed by atoms with Crippen LogP contribution in [0.2, 0.25) is 0 Å². The van der Waals surface area contributed by atoms with Crippen LogP contribution in [0.3, 0.4) is 0 Å². The number of likely N-dealkylation sites (tertiary alicyclic amines) is 1. The number of fused-ring (bicyclic) bond motifs is 1. The number of para-hydroxylation sites is 2. The molecule has 1 atom stereocenters. The third kappa shape index (κ3) is 5.10. The number of aromatic nitrogens is 2. The maximum Gasteiger partial charge on any atom is 0.415 e. The van der Waals surface area contributed by atoms with Gasteiger partial charge in [0.15, 0.2) is 0 Å². The van der Waals surface area contributed by atoms with E-state index in [9.17, 15) is 9.59 Å². The van der Waals surface area contributed by atoms with Crippen LogP contribution in [0.4, 0.5) is 4.79 Å². The summed E-state index contributed by atoms with van der Waals surface area (Å²) in [4.78, 5) is 27.4. The minimum Gasteiger partial charge on any atom is -0.410 e. The topological polar surface area (TPSA) is 87.3 Å². The van der Waals surface area contributed by atoms with Gasteiger partial charge in [-0.2, -0.15) is 5.10 Å². The normalized spacial score (nSPS) is 15.7. The number of carbonyl (C=O) groups excluding carboxylic acids is 2. The van der Waals surface area contributed by atoms with Gasteiger partial charge in [0, 0.05) is 24.5 Å². The highest BCUT2D eigenvalue weighted by atomic mass is 16.6. The number of amides is 2. The Morgan fingerprint density at radius 2 is 1.88 bits per heavy atom. The molecule has 1 aliphatic rings. The van der Waals surface area contributed by atoms with E-state index >= 15 is 0 Å². The molecule has 1 fully saturated rings. The van der Waals surface area contributed by atoms with Gasteiger partial charge >= 0.3 is 6.09 Å². The van der Waals surface area contributed by atoms with Crippen molar-refractivity contribution in [1.29, 1.82) is 0 Å². The SMILES string of the molecule is CC(C)CC(NC(=O)c1cccc2cn[nH]c12)C1CCN(C(=O)Oc2ccccc2)CC1. The largest absolute Gasteiger partial charge is 0.415 e. The molecule has 1 saturated heterocycles. The predicted molar refractivity (Wildman–Crippen MR) is 124 cm³/mol. The molecular formula is C25H30N4O3. The van der Waals surface area contributed by atoms with E-state index in [1.165, 1.54) is 0 Å². The Balaban J connectivity index is 1.39. The molecule has 1 aromatic heterocycles. The molecule has 3 aromatic rings. The van der Waals surface area contributed by atoms with Crippen molar-refractivity contribution in [3.63, 3.8) is 0 Å². The van der Waals surface area contributed by atoms with Crippen LogP contribution in [0.5, 0.6) is 5.75 Å². The van der Waals surface area contributed by atoms with Crippen molar-refractivity contribution in [2.24, 2.45) is 11.8 Å². The number of carbonyl (C=O) groups is 2. The molecule has 2 aromatic carbocycles. The second-order valence-electron chi connectivity index (χ2n) is 8.85. The van der Waals surface area contributed by atoms with Crippen LogP contribution in [0.15, 0.2) is 54.7 Å². The summed E-state index contributed by atoms with van der Waals surface area (Å²) in [5.41, 5.74) is 1.37. The average Bonchev–Trinajstić information content (AvgIpc) is 3.28. The van der Waals surface area contributed by atoms with Gasteiger partial charge in [-0.1, -0.05) is 44.2 Å². The van der Waals surface area contributed by atoms with E-state index in [0.717, 1.165) is 30.2 Å². The number of aromatic amines is 1. The summed E-state index contributed by atoms with van der Waals surface area (Å²) in [7, 11) is 0. The Bertz CT molecular complexity index is 1060. The summed E-state index contributed by atoms with van der Waals surface area (Å²) in [6, 6.07) is 14.8. The van der Waals surface area contributed by atoms with Gasteiger partial charge in [0.25, 0.3) is 5.91 Å². The second-order valence-corrected chi connectivity index (χ2v) is 8.85. The molecule has 32 heavy (non-hydrogen) atoms. The molecule has 2 amide bonds. The fraction of sp³-hybridized carbons (Fsp3) is 0.400. The summed E-state index contributed by atoms with van der Waals surface area (Å²) in [6.45, 7) is 5.58. The van der Waals surface area contributed by atoms with Crippen LogP contribution in [0, 0.1) is 11.8 Å². The zero-order chi connectivity index (χ0) is 22.5. The third-order valence-electron chi connectivity index (χ3n) is 6.08. The molecule has 1 unspecified atom stereocenters. The monoisotopic (exact) mass is 434 g/mol. The lowest BCUT2D eigenvalue weighted by Crippen LogP contribution is -2.47. The van der Waals surface area contributed by atoms with Crippen LogP contribution < -0.4 is 10.1 Å². The Morgan fingerprint density at radius 1 is 1.12 bits per heavy atom. The molecule has 2 heterocycles. The van der Waals surface area contributed by atoms with Gasteiger partial charge in [0.2, 0.25) is 0 Å². The van der Waals surface area contributed by atoms with Gasteiger partial charge in [-0.25, -0.2) is 4.79 Å². The first kappa shape index (κ1) is 21.9. The molecule has 4 rings (SSSR count). The highest BCUT2D eigenvalue weighted by molar-refractivity contribution is 6.05. The summed E-state index contributed by atoms with van der Waals surface area (Å²) in [5, 5.41) is 11.2. The molecule has 2 N–H and O–H groups in total. The molecule has 0 radical (unpaired) electrons. The Kier molecular flexibility index (Phi) is 6.73. The highest BCUT2D eigenvalue weighted by Gasteiger charge is 2.31. The summed E-state index contributed by atoms with van der Waals surface area (Å²) < 4.78 is 5.48. The number of nitrogens with zero attached hydrogens (tertiary/aromatic N) is 2. The standard InChI is InChI=1S/C25H30N4O3/c1-17(2)15-22(27-24(30)21-10-6-7-19-16-26-28-23(19)21)18-11-13-29(14-12-18)25(31)32-20-8-4-3-5-9-20/h3-10,16-18,22H,11-15H2,1-2H3,(H,26,28)(H,27,30). The van der Waals surface area contributed by atoms with Crippen molar-refractivity contribution < 1.29 is 14.3 Å². The number of ether oxygens (including phenoxy) is 1. The molecule has 1 aliphatic heterocycles. The maximum atomic E-state index is 13.1. The summed E-state index contributed by atoms with van der Waals surface area (Å²) in [5.74, 6) is 1.22. The fourth-order valence-electron chi connectivity index (χ4n) is 4.42. The average molecular weight is 435 g/mol. The number of piperidine rings is 1. The number of benzene rings is 2. The molecule has 7 heteroatoms. The lowest BCUT2D eigenvalue weighted by molar-refractivity contribution is 0.0872. The maximum absolute atomic E-state index is 13.1. The van der Waals surface area contributed by atoms with Gasteiger partial charge in [0.05, 0.1) is 17.3 Å². The fourth-order valence-corrected chi connectivity index (χ4v) is 4.42. The van der Waals surface area contributed by atoms with Crippen molar-refractivity contribution in [3.8, 4) is 5.75 Å². The quantitative estimate of drug-likeness (QED) is 0.593. The van der Waals surface area contributed by atoms with Crippen LogP contribution in [-0.2, 0) is 0 Å². The number of hydrogen-bond donors (Lipinski definition) is 2.